The average molecular weight is 208 g/mol. The van der Waals surface area contributed by atoms with Gasteiger partial charge in [0.05, 0.1) is 17.6 Å². The van der Waals surface area contributed by atoms with Crippen LogP contribution in [0.15, 0.2) is 18.3 Å². The maximum atomic E-state index is 12.2. The van der Waals surface area contributed by atoms with Crippen molar-refractivity contribution >= 4 is 11.6 Å². The largest absolute Gasteiger partial charge is 0.308 e. The molecule has 0 saturated carbocycles. The molecule has 3 nitrogen and oxygen atoms in total. The van der Waals surface area contributed by atoms with Gasteiger partial charge in [0, 0.05) is 12.5 Å². The van der Waals surface area contributed by atoms with Crippen LogP contribution in [0.1, 0.15) is 25.5 Å². The summed E-state index contributed by atoms with van der Waals surface area (Å²) in [5.41, 5.74) is 1.17. The number of anilines is 1. The molecule has 0 radical (unpaired) electrons. The molecular formula is C11H13FN2O. The summed E-state index contributed by atoms with van der Waals surface area (Å²) in [7, 11) is 0. The molecule has 1 aliphatic heterocycles. The number of hydrogen-bond acceptors (Lipinski definition) is 2. The minimum atomic E-state index is -0.566. The monoisotopic (exact) mass is 208 g/mol. The zero-order valence-electron chi connectivity index (χ0n) is 8.61. The van der Waals surface area contributed by atoms with Gasteiger partial charge in [0.15, 0.2) is 0 Å². The highest BCUT2D eigenvalue weighted by Gasteiger charge is 2.28. The Morgan fingerprint density at radius 2 is 2.40 bits per heavy atom. The molecular weight excluding hydrogens is 195 g/mol. The maximum absolute atomic E-state index is 12.2. The van der Waals surface area contributed by atoms with Crippen molar-refractivity contribution in [2.45, 2.75) is 32.5 Å². The van der Waals surface area contributed by atoms with Crippen molar-refractivity contribution in [1.29, 1.82) is 0 Å². The quantitative estimate of drug-likeness (QED) is 0.745. The first-order valence-corrected chi connectivity index (χ1v) is 5.05. The molecule has 1 saturated heterocycles. The molecule has 0 bridgehead atoms. The van der Waals surface area contributed by atoms with Crippen LogP contribution in [-0.2, 0) is 11.5 Å². The van der Waals surface area contributed by atoms with Crippen molar-refractivity contribution in [1.82, 2.24) is 4.98 Å². The van der Waals surface area contributed by atoms with Gasteiger partial charge in [-0.05, 0) is 25.5 Å². The second-order valence-electron chi connectivity index (χ2n) is 3.79. The summed E-state index contributed by atoms with van der Waals surface area (Å²) in [5.74, 6) is 0.122. The molecule has 2 heterocycles. The normalized spacial score (nSPS) is 21.1. The van der Waals surface area contributed by atoms with Crippen LogP contribution in [0.4, 0.5) is 10.1 Å². The van der Waals surface area contributed by atoms with Crippen molar-refractivity contribution in [3.05, 3.63) is 24.0 Å². The zero-order valence-corrected chi connectivity index (χ0v) is 8.61. The number of amides is 1. The predicted octanol–water partition coefficient (Wildman–Crippen LogP) is 2.07. The first-order valence-electron chi connectivity index (χ1n) is 5.05. The summed E-state index contributed by atoms with van der Waals surface area (Å²) < 4.78 is 12.2. The third-order valence-corrected chi connectivity index (χ3v) is 2.71. The topological polar surface area (TPSA) is 33.2 Å². The Morgan fingerprint density at radius 3 is 2.87 bits per heavy atom. The van der Waals surface area contributed by atoms with E-state index in [2.05, 4.69) is 4.98 Å². The summed E-state index contributed by atoms with van der Waals surface area (Å²) in [4.78, 5) is 17.2. The number of carbonyl (C=O) groups is 1. The van der Waals surface area contributed by atoms with Crippen LogP contribution in [-0.4, -0.2) is 16.9 Å². The highest BCUT2D eigenvalue weighted by atomic mass is 19.1. The summed E-state index contributed by atoms with van der Waals surface area (Å²) in [6, 6.07) is 3.59. The lowest BCUT2D eigenvalue weighted by molar-refractivity contribution is -0.117. The van der Waals surface area contributed by atoms with Crippen molar-refractivity contribution in [2.75, 3.05) is 4.90 Å². The lowest BCUT2D eigenvalue weighted by atomic mass is 10.2. The van der Waals surface area contributed by atoms with Gasteiger partial charge in [-0.3, -0.25) is 9.78 Å². The zero-order chi connectivity index (χ0) is 10.8. The fraction of sp³-hybridized carbons (Fsp3) is 0.455. The molecule has 0 spiro atoms. The van der Waals surface area contributed by atoms with Crippen molar-refractivity contribution in [3.8, 4) is 0 Å². The van der Waals surface area contributed by atoms with Crippen LogP contribution >= 0.6 is 0 Å². The number of nitrogens with zero attached hydrogens (tertiary/aromatic N) is 2. The molecule has 1 atom stereocenters. The van der Waals surface area contributed by atoms with E-state index >= 15 is 0 Å². The molecule has 4 heteroatoms. The van der Waals surface area contributed by atoms with Crippen LogP contribution in [0.3, 0.4) is 0 Å². The Labute approximate surface area is 87.9 Å². The highest BCUT2D eigenvalue weighted by molar-refractivity contribution is 5.95. The van der Waals surface area contributed by atoms with Crippen LogP contribution in [0, 0.1) is 0 Å². The molecule has 1 unspecified atom stereocenters. The number of alkyl halides is 1. The van der Waals surface area contributed by atoms with E-state index in [4.69, 9.17) is 0 Å². The molecule has 1 amide bonds. The van der Waals surface area contributed by atoms with E-state index in [0.29, 0.717) is 12.1 Å². The number of aromatic nitrogens is 1. The molecule has 2 rings (SSSR count). The van der Waals surface area contributed by atoms with Gasteiger partial charge < -0.3 is 4.90 Å². The summed E-state index contributed by atoms with van der Waals surface area (Å²) >= 11 is 0. The van der Waals surface area contributed by atoms with Crippen LogP contribution in [0.2, 0.25) is 0 Å². The molecule has 1 aromatic heterocycles. The first kappa shape index (κ1) is 10.1. The number of halogens is 1. The molecule has 0 aliphatic carbocycles. The molecule has 80 valence electrons. The standard InChI is InChI=1S/C11H13FN2O/c1-8-2-5-11(15)14(8)10-4-3-9(6-12)13-7-10/h3-4,7-8H,2,5-6H2,1H3. The Balaban J connectivity index is 2.25. The minimum absolute atomic E-state index is 0.122. The molecule has 1 fully saturated rings. The summed E-state index contributed by atoms with van der Waals surface area (Å²) in [5, 5.41) is 0. The SMILES string of the molecule is CC1CCC(=O)N1c1ccc(CF)nc1. The Hall–Kier alpha value is -1.45. The molecule has 1 aromatic rings. The molecule has 1 aliphatic rings. The maximum Gasteiger partial charge on any atom is 0.227 e. The summed E-state index contributed by atoms with van der Waals surface area (Å²) in [6.07, 6.45) is 3.03. The van der Waals surface area contributed by atoms with E-state index in [1.807, 2.05) is 6.92 Å². The third kappa shape index (κ3) is 1.84. The smallest absolute Gasteiger partial charge is 0.227 e. The minimum Gasteiger partial charge on any atom is -0.308 e. The highest BCUT2D eigenvalue weighted by Crippen LogP contribution is 2.25. The number of rotatable bonds is 2. The molecule has 0 N–H and O–H groups in total. The van der Waals surface area contributed by atoms with E-state index < -0.39 is 6.67 Å². The Morgan fingerprint density at radius 1 is 1.60 bits per heavy atom. The van der Waals surface area contributed by atoms with Crippen molar-refractivity contribution < 1.29 is 9.18 Å². The van der Waals surface area contributed by atoms with Crippen molar-refractivity contribution in [2.24, 2.45) is 0 Å². The second-order valence-corrected chi connectivity index (χ2v) is 3.79. The number of pyridine rings is 1. The molecule has 15 heavy (non-hydrogen) atoms. The molecule has 0 aromatic carbocycles. The van der Waals surface area contributed by atoms with Gasteiger partial charge in [0.25, 0.3) is 0 Å². The van der Waals surface area contributed by atoms with Gasteiger partial charge in [-0.2, -0.15) is 0 Å². The lowest BCUT2D eigenvalue weighted by Gasteiger charge is -2.21. The summed E-state index contributed by atoms with van der Waals surface area (Å²) in [6.45, 7) is 1.44. The van der Waals surface area contributed by atoms with Crippen molar-refractivity contribution in [3.63, 3.8) is 0 Å². The van der Waals surface area contributed by atoms with Gasteiger partial charge in [0.2, 0.25) is 5.91 Å². The van der Waals surface area contributed by atoms with E-state index in [0.717, 1.165) is 12.1 Å². The number of hydrogen-bond donors (Lipinski definition) is 0. The van der Waals surface area contributed by atoms with E-state index in [9.17, 15) is 9.18 Å². The third-order valence-electron chi connectivity index (χ3n) is 2.71. The van der Waals surface area contributed by atoms with Gasteiger partial charge in [-0.15, -0.1) is 0 Å². The van der Waals surface area contributed by atoms with E-state index in [1.165, 1.54) is 0 Å². The van der Waals surface area contributed by atoms with Gasteiger partial charge >= 0.3 is 0 Å². The average Bonchev–Trinajstić information content (AvgIpc) is 2.59. The predicted molar refractivity (Wildman–Crippen MR) is 55.2 cm³/mol. The number of carbonyl (C=O) groups excluding carboxylic acids is 1. The van der Waals surface area contributed by atoms with Crippen LogP contribution in [0.5, 0.6) is 0 Å². The van der Waals surface area contributed by atoms with Gasteiger partial charge in [-0.25, -0.2) is 4.39 Å². The van der Waals surface area contributed by atoms with E-state index in [-0.39, 0.29) is 11.9 Å². The lowest BCUT2D eigenvalue weighted by Crippen LogP contribution is -2.30. The van der Waals surface area contributed by atoms with Gasteiger partial charge in [-0.1, -0.05) is 0 Å². The Bertz CT molecular complexity index is 363. The van der Waals surface area contributed by atoms with Crippen LogP contribution in [0.25, 0.3) is 0 Å². The Kier molecular flexibility index (Phi) is 2.66. The van der Waals surface area contributed by atoms with Gasteiger partial charge in [0.1, 0.15) is 6.67 Å². The van der Waals surface area contributed by atoms with E-state index in [1.54, 1.807) is 23.2 Å². The van der Waals surface area contributed by atoms with Crippen LogP contribution < -0.4 is 4.90 Å². The fourth-order valence-electron chi connectivity index (χ4n) is 1.86. The fourth-order valence-corrected chi connectivity index (χ4v) is 1.86. The second kappa shape index (κ2) is 3.96. The first-order chi connectivity index (χ1) is 7.22.